The zero-order valence-corrected chi connectivity index (χ0v) is 14.5. The number of likely N-dealkylation sites (N-methyl/N-ethyl adjacent to an activating group) is 1. The quantitative estimate of drug-likeness (QED) is 0.690. The Balaban J connectivity index is 1.66. The van der Waals surface area contributed by atoms with Crippen molar-refractivity contribution in [2.75, 3.05) is 25.1 Å². The summed E-state index contributed by atoms with van der Waals surface area (Å²) in [6.45, 7) is 4.79. The van der Waals surface area contributed by atoms with Crippen molar-refractivity contribution in [1.29, 1.82) is 0 Å². The van der Waals surface area contributed by atoms with Gasteiger partial charge < -0.3 is 9.64 Å². The van der Waals surface area contributed by atoms with Gasteiger partial charge in [0.25, 0.3) is 0 Å². The predicted octanol–water partition coefficient (Wildman–Crippen LogP) is 2.93. The number of anilines is 1. The number of hydrogen-bond acceptors (Lipinski definition) is 5. The first-order valence-electron chi connectivity index (χ1n) is 7.99. The van der Waals surface area contributed by atoms with Crippen LogP contribution in [-0.4, -0.2) is 39.9 Å². The summed E-state index contributed by atoms with van der Waals surface area (Å²) in [5, 5.41) is 4.42. The number of halogens is 1. The van der Waals surface area contributed by atoms with Crippen LogP contribution in [0.5, 0.6) is 5.75 Å². The second-order valence-corrected chi connectivity index (χ2v) is 5.77. The summed E-state index contributed by atoms with van der Waals surface area (Å²) in [6.07, 6.45) is 3.35. The van der Waals surface area contributed by atoms with Gasteiger partial charge in [-0.3, -0.25) is 4.98 Å². The highest BCUT2D eigenvalue weighted by Gasteiger charge is 2.09. The van der Waals surface area contributed by atoms with Gasteiger partial charge in [-0.15, -0.1) is 0 Å². The molecular weight excluding hydrogens is 321 g/mol. The minimum absolute atomic E-state index is 0.248. The van der Waals surface area contributed by atoms with Gasteiger partial charge in [0.2, 0.25) is 0 Å². The highest BCUT2D eigenvalue weighted by atomic mass is 19.1. The van der Waals surface area contributed by atoms with Crippen LogP contribution in [-0.2, 0) is 0 Å². The number of aromatic nitrogens is 4. The molecule has 0 atom stereocenters. The van der Waals surface area contributed by atoms with Crippen LogP contribution in [0.25, 0.3) is 5.82 Å². The van der Waals surface area contributed by atoms with Gasteiger partial charge in [-0.25, -0.2) is 14.1 Å². The molecule has 0 saturated heterocycles. The molecule has 3 aromatic rings. The third-order valence-electron chi connectivity index (χ3n) is 3.75. The average Bonchev–Trinajstić information content (AvgIpc) is 2.95. The van der Waals surface area contributed by atoms with Crippen molar-refractivity contribution < 1.29 is 9.13 Å². The van der Waals surface area contributed by atoms with Gasteiger partial charge >= 0.3 is 0 Å². The Labute approximate surface area is 145 Å². The molecule has 1 aromatic carbocycles. The van der Waals surface area contributed by atoms with E-state index in [4.69, 9.17) is 4.74 Å². The van der Waals surface area contributed by atoms with Crippen molar-refractivity contribution in [2.45, 2.75) is 13.8 Å². The molecule has 3 rings (SSSR count). The SMILES string of the molecule is Cc1cc(C)n(-c2cncc(N(C)CCOc3ccccc3F)n2)n1. The van der Waals surface area contributed by atoms with Gasteiger partial charge in [0.05, 0.1) is 24.6 Å². The van der Waals surface area contributed by atoms with Crippen molar-refractivity contribution in [2.24, 2.45) is 0 Å². The third kappa shape index (κ3) is 3.93. The Bertz CT molecular complexity index is 864. The van der Waals surface area contributed by atoms with Crippen LogP contribution in [0.2, 0.25) is 0 Å². The number of benzene rings is 1. The summed E-state index contributed by atoms with van der Waals surface area (Å²) in [4.78, 5) is 10.7. The lowest BCUT2D eigenvalue weighted by molar-refractivity contribution is 0.309. The lowest BCUT2D eigenvalue weighted by atomic mass is 10.3. The first-order chi connectivity index (χ1) is 12.0. The normalized spacial score (nSPS) is 10.7. The van der Waals surface area contributed by atoms with E-state index in [1.165, 1.54) is 6.07 Å². The summed E-state index contributed by atoms with van der Waals surface area (Å²) < 4.78 is 20.8. The monoisotopic (exact) mass is 341 g/mol. The molecular formula is C18H20FN5O. The first kappa shape index (κ1) is 16.9. The van der Waals surface area contributed by atoms with Gasteiger partial charge in [0.15, 0.2) is 17.4 Å². The molecule has 0 amide bonds. The van der Waals surface area contributed by atoms with Crippen molar-refractivity contribution in [3.63, 3.8) is 0 Å². The molecule has 0 aliphatic heterocycles. The topological polar surface area (TPSA) is 56.1 Å². The maximum absolute atomic E-state index is 13.5. The largest absolute Gasteiger partial charge is 0.489 e. The molecule has 0 unspecified atom stereocenters. The van der Waals surface area contributed by atoms with Crippen molar-refractivity contribution in [1.82, 2.24) is 19.7 Å². The van der Waals surface area contributed by atoms with E-state index in [-0.39, 0.29) is 11.6 Å². The van der Waals surface area contributed by atoms with E-state index in [9.17, 15) is 4.39 Å². The number of para-hydroxylation sites is 1. The summed E-state index contributed by atoms with van der Waals surface area (Å²) in [5.41, 5.74) is 1.92. The number of rotatable bonds is 6. The van der Waals surface area contributed by atoms with Crippen molar-refractivity contribution >= 4 is 5.82 Å². The molecule has 0 fully saturated rings. The second-order valence-electron chi connectivity index (χ2n) is 5.77. The van der Waals surface area contributed by atoms with E-state index in [0.717, 1.165) is 11.4 Å². The molecule has 6 nitrogen and oxygen atoms in total. The summed E-state index contributed by atoms with van der Waals surface area (Å²) in [5.74, 6) is 1.24. The van der Waals surface area contributed by atoms with Crippen molar-refractivity contribution in [3.8, 4) is 11.6 Å². The second kappa shape index (κ2) is 7.29. The molecule has 2 aromatic heterocycles. The molecule has 0 N–H and O–H groups in total. The fraction of sp³-hybridized carbons (Fsp3) is 0.278. The predicted molar refractivity (Wildman–Crippen MR) is 93.8 cm³/mol. The molecule has 130 valence electrons. The van der Waals surface area contributed by atoms with Crippen molar-refractivity contribution in [3.05, 3.63) is 59.9 Å². The Kier molecular flexibility index (Phi) is 4.92. The zero-order valence-electron chi connectivity index (χ0n) is 14.5. The van der Waals surface area contributed by atoms with Gasteiger partial charge in [0.1, 0.15) is 12.4 Å². The number of ether oxygens (including phenoxy) is 1. The minimum atomic E-state index is -0.364. The molecule has 0 radical (unpaired) electrons. The minimum Gasteiger partial charge on any atom is -0.489 e. The summed E-state index contributed by atoms with van der Waals surface area (Å²) in [6, 6.07) is 8.35. The number of aryl methyl sites for hydroxylation is 2. The first-order valence-corrected chi connectivity index (χ1v) is 7.99. The van der Waals surface area contributed by atoms with E-state index in [1.54, 1.807) is 35.3 Å². The van der Waals surface area contributed by atoms with Gasteiger partial charge in [0, 0.05) is 12.7 Å². The van der Waals surface area contributed by atoms with Crippen LogP contribution < -0.4 is 9.64 Å². The van der Waals surface area contributed by atoms with E-state index < -0.39 is 0 Å². The lowest BCUT2D eigenvalue weighted by Gasteiger charge is -2.18. The Morgan fingerprint density at radius 3 is 2.72 bits per heavy atom. The molecule has 7 heteroatoms. The standard InChI is InChI=1S/C18H20FN5O/c1-13-10-14(2)24(22-13)18-12-20-11-17(21-18)23(3)8-9-25-16-7-5-4-6-15(16)19/h4-7,10-12H,8-9H2,1-3H3. The van der Waals surface area contributed by atoms with Crippen LogP contribution in [0.15, 0.2) is 42.7 Å². The van der Waals surface area contributed by atoms with E-state index in [0.29, 0.717) is 24.8 Å². The van der Waals surface area contributed by atoms with E-state index in [1.807, 2.05) is 31.9 Å². The Morgan fingerprint density at radius 2 is 2.00 bits per heavy atom. The smallest absolute Gasteiger partial charge is 0.174 e. The van der Waals surface area contributed by atoms with Crippen LogP contribution in [0.1, 0.15) is 11.4 Å². The Hall–Kier alpha value is -2.96. The molecule has 2 heterocycles. The van der Waals surface area contributed by atoms with Gasteiger partial charge in [-0.05, 0) is 32.0 Å². The highest BCUT2D eigenvalue weighted by Crippen LogP contribution is 2.16. The maximum atomic E-state index is 13.5. The molecule has 0 aliphatic carbocycles. The molecule has 25 heavy (non-hydrogen) atoms. The Morgan fingerprint density at radius 1 is 1.20 bits per heavy atom. The zero-order chi connectivity index (χ0) is 17.8. The van der Waals surface area contributed by atoms with Gasteiger partial charge in [-0.1, -0.05) is 12.1 Å². The van der Waals surface area contributed by atoms with Crippen LogP contribution in [0.4, 0.5) is 10.2 Å². The summed E-state index contributed by atoms with van der Waals surface area (Å²) in [7, 11) is 1.89. The van der Waals surface area contributed by atoms with E-state index in [2.05, 4.69) is 15.1 Å². The molecule has 0 aliphatic rings. The molecule has 0 spiro atoms. The third-order valence-corrected chi connectivity index (χ3v) is 3.75. The van der Waals surface area contributed by atoms with Crippen LogP contribution >= 0.6 is 0 Å². The van der Waals surface area contributed by atoms with Gasteiger partial charge in [-0.2, -0.15) is 5.10 Å². The number of hydrogen-bond donors (Lipinski definition) is 0. The maximum Gasteiger partial charge on any atom is 0.174 e. The fourth-order valence-electron chi connectivity index (χ4n) is 2.46. The summed E-state index contributed by atoms with van der Waals surface area (Å²) >= 11 is 0. The van der Waals surface area contributed by atoms with Crippen LogP contribution in [0, 0.1) is 19.7 Å². The highest BCUT2D eigenvalue weighted by molar-refractivity contribution is 5.39. The fourth-order valence-corrected chi connectivity index (χ4v) is 2.46. The number of nitrogens with zero attached hydrogens (tertiary/aromatic N) is 5. The molecule has 0 bridgehead atoms. The average molecular weight is 341 g/mol. The lowest BCUT2D eigenvalue weighted by Crippen LogP contribution is -2.25. The molecule has 0 saturated carbocycles. The van der Waals surface area contributed by atoms with E-state index >= 15 is 0 Å². The van der Waals surface area contributed by atoms with Crippen LogP contribution in [0.3, 0.4) is 0 Å².